The molecule has 21 heavy (non-hydrogen) atoms. The van der Waals surface area contributed by atoms with Crippen LogP contribution in [0.2, 0.25) is 0 Å². The van der Waals surface area contributed by atoms with Gasteiger partial charge in [0.25, 0.3) is 0 Å². The summed E-state index contributed by atoms with van der Waals surface area (Å²) in [6, 6.07) is 4.11. The molecule has 0 amide bonds. The van der Waals surface area contributed by atoms with Crippen LogP contribution in [0.4, 0.5) is 8.78 Å². The van der Waals surface area contributed by atoms with Crippen molar-refractivity contribution < 1.29 is 18.7 Å². The fraction of sp³-hybridized carbons (Fsp3) is 0.214. The second-order valence-electron chi connectivity index (χ2n) is 4.50. The minimum Gasteiger partial charge on any atom is -0.481 e. The Kier molecular flexibility index (Phi) is 4.11. The molecule has 1 heterocycles. The Bertz CT molecular complexity index is 756. The molecule has 0 saturated heterocycles. The van der Waals surface area contributed by atoms with Crippen LogP contribution in [0.5, 0.6) is 0 Å². The van der Waals surface area contributed by atoms with E-state index < -0.39 is 23.0 Å². The monoisotopic (exact) mass is 294 g/mol. The Labute approximate surface area is 118 Å². The summed E-state index contributed by atoms with van der Waals surface area (Å²) in [5.74, 6) is -2.40. The number of hydrogen-bond donors (Lipinski definition) is 1. The van der Waals surface area contributed by atoms with E-state index in [-0.39, 0.29) is 24.2 Å². The van der Waals surface area contributed by atoms with Crippen molar-refractivity contribution in [1.29, 1.82) is 0 Å². The molecule has 0 aliphatic heterocycles. The van der Waals surface area contributed by atoms with Crippen molar-refractivity contribution >= 4 is 5.97 Å². The molecule has 5 nitrogen and oxygen atoms in total. The number of nitrogens with zero attached hydrogens (tertiary/aromatic N) is 2. The van der Waals surface area contributed by atoms with Crippen LogP contribution in [0.15, 0.2) is 29.1 Å². The van der Waals surface area contributed by atoms with Crippen LogP contribution in [0.3, 0.4) is 0 Å². The minimum absolute atomic E-state index is 0.00772. The average molecular weight is 294 g/mol. The zero-order valence-corrected chi connectivity index (χ0v) is 11.1. The number of carboxylic acids is 1. The van der Waals surface area contributed by atoms with E-state index in [1.165, 1.54) is 13.0 Å². The number of benzene rings is 1. The Morgan fingerprint density at radius 2 is 2.05 bits per heavy atom. The number of hydrogen-bond acceptors (Lipinski definition) is 3. The lowest BCUT2D eigenvalue weighted by Crippen LogP contribution is -2.20. The van der Waals surface area contributed by atoms with Crippen molar-refractivity contribution in [3.8, 4) is 5.69 Å². The first kappa shape index (κ1) is 14.8. The molecule has 0 saturated carbocycles. The number of halogens is 2. The van der Waals surface area contributed by atoms with Gasteiger partial charge in [-0.3, -0.25) is 9.59 Å². The van der Waals surface area contributed by atoms with Crippen molar-refractivity contribution in [1.82, 2.24) is 9.78 Å². The Morgan fingerprint density at radius 1 is 1.33 bits per heavy atom. The van der Waals surface area contributed by atoms with Crippen molar-refractivity contribution in [3.05, 3.63) is 57.5 Å². The Hall–Kier alpha value is -2.57. The molecule has 2 rings (SSSR count). The first-order valence-corrected chi connectivity index (χ1v) is 6.15. The van der Waals surface area contributed by atoms with E-state index in [1.807, 2.05) is 0 Å². The van der Waals surface area contributed by atoms with E-state index in [0.29, 0.717) is 5.69 Å². The molecule has 0 aliphatic rings. The van der Waals surface area contributed by atoms with E-state index in [9.17, 15) is 18.4 Å². The van der Waals surface area contributed by atoms with Crippen molar-refractivity contribution in [2.24, 2.45) is 0 Å². The van der Waals surface area contributed by atoms with Gasteiger partial charge in [-0.25, -0.2) is 13.5 Å². The second kappa shape index (κ2) is 5.82. The molecule has 2 aromatic rings. The molecule has 0 fully saturated rings. The molecule has 1 N–H and O–H groups in total. The van der Waals surface area contributed by atoms with Gasteiger partial charge in [0.2, 0.25) is 5.43 Å². The van der Waals surface area contributed by atoms with Gasteiger partial charge < -0.3 is 5.11 Å². The van der Waals surface area contributed by atoms with Gasteiger partial charge in [0.15, 0.2) is 0 Å². The van der Waals surface area contributed by atoms with Crippen LogP contribution in [-0.4, -0.2) is 20.9 Å². The zero-order valence-electron chi connectivity index (χ0n) is 11.1. The number of aliphatic carboxylic acids is 1. The lowest BCUT2D eigenvalue weighted by Gasteiger charge is -2.11. The maximum absolute atomic E-state index is 13.8. The van der Waals surface area contributed by atoms with Gasteiger partial charge in [-0.1, -0.05) is 0 Å². The third kappa shape index (κ3) is 3.31. The highest BCUT2D eigenvalue weighted by molar-refractivity contribution is 5.66. The summed E-state index contributed by atoms with van der Waals surface area (Å²) < 4.78 is 28.1. The summed E-state index contributed by atoms with van der Waals surface area (Å²) >= 11 is 0. The van der Waals surface area contributed by atoms with E-state index in [4.69, 9.17) is 5.11 Å². The molecule has 1 aromatic carbocycles. The quantitative estimate of drug-likeness (QED) is 0.934. The molecule has 110 valence electrons. The van der Waals surface area contributed by atoms with Crippen molar-refractivity contribution in [3.63, 3.8) is 0 Å². The van der Waals surface area contributed by atoms with Gasteiger partial charge in [0, 0.05) is 24.2 Å². The van der Waals surface area contributed by atoms with Gasteiger partial charge in [0.1, 0.15) is 23.0 Å². The third-order valence-corrected chi connectivity index (χ3v) is 2.89. The maximum atomic E-state index is 13.8. The molecule has 0 atom stereocenters. The van der Waals surface area contributed by atoms with Crippen molar-refractivity contribution in [2.45, 2.75) is 19.8 Å². The summed E-state index contributed by atoms with van der Waals surface area (Å²) in [6.07, 6.45) is -0.345. The number of aromatic nitrogens is 2. The Balaban J connectivity index is 2.53. The van der Waals surface area contributed by atoms with Crippen LogP contribution < -0.4 is 5.43 Å². The summed E-state index contributed by atoms with van der Waals surface area (Å²) in [5, 5.41) is 12.6. The van der Waals surface area contributed by atoms with E-state index in [0.717, 1.165) is 22.9 Å². The van der Waals surface area contributed by atoms with Gasteiger partial charge in [-0.05, 0) is 19.1 Å². The van der Waals surface area contributed by atoms with Crippen molar-refractivity contribution in [2.75, 3.05) is 0 Å². The fourth-order valence-electron chi connectivity index (χ4n) is 1.87. The SMILES string of the molecule is Cc1cc(=O)c(CCC(=O)O)nn1-c1cc(F)ccc1F. The predicted octanol–water partition coefficient (Wildman–Crippen LogP) is 1.84. The smallest absolute Gasteiger partial charge is 0.303 e. The number of carboxylic acid groups (broad SMARTS) is 1. The van der Waals surface area contributed by atoms with Crippen LogP contribution in [0.1, 0.15) is 17.8 Å². The van der Waals surface area contributed by atoms with E-state index in [2.05, 4.69) is 5.10 Å². The summed E-state index contributed by atoms with van der Waals surface area (Å²) in [5.41, 5.74) is -0.249. The fourth-order valence-corrected chi connectivity index (χ4v) is 1.87. The van der Waals surface area contributed by atoms with Crippen LogP contribution >= 0.6 is 0 Å². The molecule has 0 aliphatic carbocycles. The predicted molar refractivity (Wildman–Crippen MR) is 70.4 cm³/mol. The molecule has 0 spiro atoms. The molecular weight excluding hydrogens is 282 g/mol. The molecular formula is C14H12F2N2O3. The minimum atomic E-state index is -1.07. The second-order valence-corrected chi connectivity index (χ2v) is 4.50. The van der Waals surface area contributed by atoms with Crippen LogP contribution in [0.25, 0.3) is 5.69 Å². The normalized spacial score (nSPS) is 10.6. The molecule has 0 bridgehead atoms. The van der Waals surface area contributed by atoms with E-state index in [1.54, 1.807) is 0 Å². The standard InChI is InChI=1S/C14H12F2N2O3/c1-8-6-13(19)11(4-5-14(20)21)17-18(8)12-7-9(15)2-3-10(12)16/h2-3,6-7H,4-5H2,1H3,(H,20,21). The number of carbonyl (C=O) groups is 1. The summed E-state index contributed by atoms with van der Waals surface area (Å²) in [6.45, 7) is 1.53. The molecule has 0 radical (unpaired) electrons. The Morgan fingerprint density at radius 3 is 2.71 bits per heavy atom. The lowest BCUT2D eigenvalue weighted by atomic mass is 10.2. The van der Waals surface area contributed by atoms with Gasteiger partial charge in [0.05, 0.1) is 6.42 Å². The highest BCUT2D eigenvalue weighted by atomic mass is 19.1. The molecule has 0 unspecified atom stereocenters. The average Bonchev–Trinajstić information content (AvgIpc) is 2.41. The third-order valence-electron chi connectivity index (χ3n) is 2.89. The van der Waals surface area contributed by atoms with Crippen LogP contribution in [-0.2, 0) is 11.2 Å². The first-order chi connectivity index (χ1) is 9.88. The number of aryl methyl sites for hydroxylation is 2. The van der Waals surface area contributed by atoms with Gasteiger partial charge in [-0.2, -0.15) is 5.10 Å². The highest BCUT2D eigenvalue weighted by Gasteiger charge is 2.12. The molecule has 1 aromatic heterocycles. The van der Waals surface area contributed by atoms with Gasteiger partial charge >= 0.3 is 5.97 Å². The zero-order chi connectivity index (χ0) is 15.6. The van der Waals surface area contributed by atoms with Gasteiger partial charge in [-0.15, -0.1) is 0 Å². The largest absolute Gasteiger partial charge is 0.481 e. The highest BCUT2D eigenvalue weighted by Crippen LogP contribution is 2.15. The summed E-state index contributed by atoms with van der Waals surface area (Å²) in [4.78, 5) is 22.3. The summed E-state index contributed by atoms with van der Waals surface area (Å²) in [7, 11) is 0. The first-order valence-electron chi connectivity index (χ1n) is 6.15. The van der Waals surface area contributed by atoms with Crippen LogP contribution in [0, 0.1) is 18.6 Å². The maximum Gasteiger partial charge on any atom is 0.303 e. The molecule has 7 heteroatoms. The topological polar surface area (TPSA) is 72.2 Å². The van der Waals surface area contributed by atoms with E-state index >= 15 is 0 Å². The lowest BCUT2D eigenvalue weighted by molar-refractivity contribution is -0.136. The number of rotatable bonds is 4.